The summed E-state index contributed by atoms with van der Waals surface area (Å²) in [5.41, 5.74) is 2.30. The highest BCUT2D eigenvalue weighted by atomic mass is 79.9. The van der Waals surface area contributed by atoms with Crippen LogP contribution in [0.5, 0.6) is 0 Å². The lowest BCUT2D eigenvalue weighted by atomic mass is 10.2. The molecule has 1 aromatic heterocycles. The molecule has 0 unspecified atom stereocenters. The Labute approximate surface area is 133 Å². The van der Waals surface area contributed by atoms with Crippen LogP contribution in [0.2, 0.25) is 0 Å². The van der Waals surface area contributed by atoms with Gasteiger partial charge >= 0.3 is 0 Å². The van der Waals surface area contributed by atoms with Crippen LogP contribution in [0, 0.1) is 6.92 Å². The lowest BCUT2D eigenvalue weighted by molar-refractivity contribution is 0.106. The number of nitrogens with one attached hydrogen (secondary N) is 1. The fourth-order valence-corrected chi connectivity index (χ4v) is 2.70. The van der Waals surface area contributed by atoms with Crippen molar-refractivity contribution in [2.75, 3.05) is 0 Å². The molecule has 1 heterocycles. The van der Waals surface area contributed by atoms with E-state index in [1.54, 1.807) is 0 Å². The van der Waals surface area contributed by atoms with E-state index in [2.05, 4.69) is 39.4 Å². The van der Waals surface area contributed by atoms with Crippen LogP contribution in [0.1, 0.15) is 35.5 Å². The molecule has 1 N–H and O–H groups in total. The summed E-state index contributed by atoms with van der Waals surface area (Å²) in [6.07, 6.45) is 2.59. The Morgan fingerprint density at radius 1 is 1.29 bits per heavy atom. The van der Waals surface area contributed by atoms with E-state index in [9.17, 15) is 0 Å². The van der Waals surface area contributed by atoms with Gasteiger partial charge in [0.1, 0.15) is 11.5 Å². The summed E-state index contributed by atoms with van der Waals surface area (Å²) in [7, 11) is 0. The minimum atomic E-state index is 0.589. The highest BCUT2D eigenvalue weighted by molar-refractivity contribution is 9.10. The predicted molar refractivity (Wildman–Crippen MR) is 85.9 cm³/mol. The first-order valence-corrected chi connectivity index (χ1v) is 8.14. The van der Waals surface area contributed by atoms with Crippen LogP contribution >= 0.6 is 15.9 Å². The molecule has 0 bridgehead atoms. The molecule has 112 valence electrons. The number of halogens is 1. The summed E-state index contributed by atoms with van der Waals surface area (Å²) in [4.78, 5) is 0. The number of furan rings is 1. The predicted octanol–water partition coefficient (Wildman–Crippen LogP) is 4.32. The topological polar surface area (TPSA) is 34.4 Å². The van der Waals surface area contributed by atoms with Crippen LogP contribution in [-0.2, 0) is 24.5 Å². The van der Waals surface area contributed by atoms with Crippen molar-refractivity contribution in [2.45, 2.75) is 45.6 Å². The van der Waals surface area contributed by atoms with Crippen molar-refractivity contribution in [3.8, 4) is 0 Å². The molecule has 0 aliphatic heterocycles. The lowest BCUT2D eigenvalue weighted by Crippen LogP contribution is -2.14. The smallest absolute Gasteiger partial charge is 0.118 e. The molecule has 0 atom stereocenters. The lowest BCUT2D eigenvalue weighted by Gasteiger charge is -2.04. The van der Waals surface area contributed by atoms with Crippen LogP contribution in [0.15, 0.2) is 39.2 Å². The minimum absolute atomic E-state index is 0.589. The molecule has 0 radical (unpaired) electrons. The molecular formula is C17H20BrNO2. The van der Waals surface area contributed by atoms with E-state index < -0.39 is 0 Å². The molecule has 4 heteroatoms. The average molecular weight is 350 g/mol. The summed E-state index contributed by atoms with van der Waals surface area (Å²) >= 11 is 3.47. The fourth-order valence-electron chi connectivity index (χ4n) is 2.26. The van der Waals surface area contributed by atoms with Crippen molar-refractivity contribution in [3.05, 3.63) is 57.5 Å². The number of aryl methyl sites for hydroxylation is 1. The van der Waals surface area contributed by atoms with Crippen LogP contribution < -0.4 is 5.32 Å². The van der Waals surface area contributed by atoms with Gasteiger partial charge in [0.2, 0.25) is 0 Å². The van der Waals surface area contributed by atoms with Gasteiger partial charge in [-0.15, -0.1) is 0 Å². The van der Waals surface area contributed by atoms with Crippen LogP contribution in [0.4, 0.5) is 0 Å². The van der Waals surface area contributed by atoms with Crippen LogP contribution in [-0.4, -0.2) is 6.04 Å². The van der Waals surface area contributed by atoms with Gasteiger partial charge in [0.05, 0.1) is 19.8 Å². The first kappa shape index (κ1) is 14.8. The normalized spacial score (nSPS) is 14.6. The van der Waals surface area contributed by atoms with E-state index in [4.69, 9.17) is 9.15 Å². The maximum Gasteiger partial charge on any atom is 0.118 e. The maximum absolute atomic E-state index is 5.79. The molecule has 3 rings (SSSR count). The van der Waals surface area contributed by atoms with Gasteiger partial charge in [0, 0.05) is 16.1 Å². The third kappa shape index (κ3) is 4.43. The Hall–Kier alpha value is -1.10. The van der Waals surface area contributed by atoms with Gasteiger partial charge in [-0.2, -0.15) is 0 Å². The highest BCUT2D eigenvalue weighted by Gasteiger charge is 2.20. The second-order valence-electron chi connectivity index (χ2n) is 5.57. The monoisotopic (exact) mass is 349 g/mol. The fraction of sp³-hybridized carbons (Fsp3) is 0.412. The zero-order valence-electron chi connectivity index (χ0n) is 12.2. The molecule has 0 saturated heterocycles. The second-order valence-corrected chi connectivity index (χ2v) is 6.49. The molecule has 1 saturated carbocycles. The standard InChI is InChI=1S/C17H20BrNO2/c1-12-14(8-17(21-12)9-19-16-5-6-16)11-20-10-13-3-2-4-15(18)7-13/h2-4,7-8,16,19H,5-6,9-11H2,1H3. The van der Waals surface area contributed by atoms with E-state index in [-0.39, 0.29) is 0 Å². The molecular weight excluding hydrogens is 330 g/mol. The SMILES string of the molecule is Cc1oc(CNC2CC2)cc1COCc1cccc(Br)c1. The van der Waals surface area contributed by atoms with E-state index in [1.807, 2.05) is 19.1 Å². The van der Waals surface area contributed by atoms with E-state index in [0.29, 0.717) is 19.3 Å². The van der Waals surface area contributed by atoms with Gasteiger partial charge in [-0.25, -0.2) is 0 Å². The van der Waals surface area contributed by atoms with E-state index in [0.717, 1.165) is 28.1 Å². The third-order valence-corrected chi connectivity index (χ3v) is 4.12. The van der Waals surface area contributed by atoms with Crippen molar-refractivity contribution >= 4 is 15.9 Å². The first-order chi connectivity index (χ1) is 10.2. The molecule has 0 amide bonds. The van der Waals surface area contributed by atoms with Crippen molar-refractivity contribution in [2.24, 2.45) is 0 Å². The molecule has 3 nitrogen and oxygen atoms in total. The molecule has 0 spiro atoms. The van der Waals surface area contributed by atoms with E-state index in [1.165, 1.54) is 18.4 Å². The quantitative estimate of drug-likeness (QED) is 0.808. The Morgan fingerprint density at radius 3 is 2.90 bits per heavy atom. The van der Waals surface area contributed by atoms with Crippen LogP contribution in [0.3, 0.4) is 0 Å². The van der Waals surface area contributed by atoms with Crippen molar-refractivity contribution in [1.82, 2.24) is 5.32 Å². The Morgan fingerprint density at radius 2 is 2.14 bits per heavy atom. The molecule has 2 aromatic rings. The number of benzene rings is 1. The second kappa shape index (κ2) is 6.77. The third-order valence-electron chi connectivity index (χ3n) is 3.63. The van der Waals surface area contributed by atoms with Gasteiger partial charge < -0.3 is 14.5 Å². The Balaban J connectivity index is 1.50. The van der Waals surface area contributed by atoms with Gasteiger partial charge in [0.25, 0.3) is 0 Å². The van der Waals surface area contributed by atoms with Gasteiger partial charge in [0.15, 0.2) is 0 Å². The summed E-state index contributed by atoms with van der Waals surface area (Å²) in [5.74, 6) is 1.96. The number of ether oxygens (including phenoxy) is 1. The molecule has 1 aromatic carbocycles. The molecule has 1 fully saturated rings. The largest absolute Gasteiger partial charge is 0.465 e. The number of rotatable bonds is 7. The van der Waals surface area contributed by atoms with Gasteiger partial charge in [-0.3, -0.25) is 0 Å². The van der Waals surface area contributed by atoms with E-state index >= 15 is 0 Å². The molecule has 1 aliphatic rings. The van der Waals surface area contributed by atoms with Crippen LogP contribution in [0.25, 0.3) is 0 Å². The van der Waals surface area contributed by atoms with Crippen molar-refractivity contribution in [3.63, 3.8) is 0 Å². The highest BCUT2D eigenvalue weighted by Crippen LogP contribution is 2.21. The summed E-state index contributed by atoms with van der Waals surface area (Å²) in [6, 6.07) is 11.0. The zero-order valence-corrected chi connectivity index (χ0v) is 13.8. The van der Waals surface area contributed by atoms with Crippen molar-refractivity contribution in [1.29, 1.82) is 0 Å². The van der Waals surface area contributed by atoms with Gasteiger partial charge in [-0.1, -0.05) is 28.1 Å². The number of hydrogen-bond acceptors (Lipinski definition) is 3. The zero-order chi connectivity index (χ0) is 14.7. The first-order valence-electron chi connectivity index (χ1n) is 7.34. The van der Waals surface area contributed by atoms with Gasteiger partial charge in [-0.05, 0) is 43.5 Å². The Kier molecular flexibility index (Phi) is 4.78. The molecule has 21 heavy (non-hydrogen) atoms. The minimum Gasteiger partial charge on any atom is -0.465 e. The maximum atomic E-state index is 5.79. The summed E-state index contributed by atoms with van der Waals surface area (Å²) in [5, 5.41) is 3.46. The summed E-state index contributed by atoms with van der Waals surface area (Å²) in [6.45, 7) is 4.01. The van der Waals surface area contributed by atoms with Crippen molar-refractivity contribution < 1.29 is 9.15 Å². The Bertz CT molecular complexity index is 605. The molecule has 1 aliphatic carbocycles. The number of hydrogen-bond donors (Lipinski definition) is 1. The summed E-state index contributed by atoms with van der Waals surface area (Å²) < 4.78 is 12.6. The average Bonchev–Trinajstić information content (AvgIpc) is 3.22.